The van der Waals surface area contributed by atoms with Crippen molar-refractivity contribution in [2.24, 2.45) is 0 Å². The largest absolute Gasteiger partial charge is 0.341 e. The number of hydrogen-bond acceptors (Lipinski definition) is 3. The van der Waals surface area contributed by atoms with Crippen LogP contribution < -0.4 is 5.32 Å². The van der Waals surface area contributed by atoms with Crippen molar-refractivity contribution < 1.29 is 13.2 Å². The molecule has 0 bridgehead atoms. The molecule has 1 atom stereocenters. The Kier molecular flexibility index (Phi) is 6.75. The Hall–Kier alpha value is -2.48. The molecule has 0 aliphatic rings. The van der Waals surface area contributed by atoms with Crippen molar-refractivity contribution in [2.75, 3.05) is 14.1 Å². The summed E-state index contributed by atoms with van der Waals surface area (Å²) < 4.78 is 26.7. The third-order valence-corrected chi connectivity index (χ3v) is 7.58. The number of rotatable bonds is 6. The molecule has 30 heavy (non-hydrogen) atoms. The van der Waals surface area contributed by atoms with Crippen LogP contribution in [0.2, 0.25) is 0 Å². The van der Waals surface area contributed by atoms with Crippen LogP contribution in [-0.2, 0) is 10.0 Å². The second-order valence-corrected chi connectivity index (χ2v) is 10.1. The van der Waals surface area contributed by atoms with Gasteiger partial charge in [-0.2, -0.15) is 0 Å². The Balaban J connectivity index is 1.98. The molecule has 0 spiro atoms. The minimum Gasteiger partial charge on any atom is -0.341 e. The van der Waals surface area contributed by atoms with Crippen LogP contribution in [0.1, 0.15) is 33.1 Å². The van der Waals surface area contributed by atoms with Crippen molar-refractivity contribution in [3.63, 3.8) is 0 Å². The fourth-order valence-corrected chi connectivity index (χ4v) is 4.86. The van der Waals surface area contributed by atoms with Gasteiger partial charge in [-0.25, -0.2) is 12.7 Å². The van der Waals surface area contributed by atoms with Crippen LogP contribution in [0.4, 0.5) is 0 Å². The first-order valence-electron chi connectivity index (χ1n) is 9.34. The van der Waals surface area contributed by atoms with Gasteiger partial charge in [0.05, 0.1) is 10.9 Å². The smallest absolute Gasteiger partial charge is 0.252 e. The number of halogens is 1. The molecule has 1 unspecified atom stereocenters. The molecule has 0 aromatic heterocycles. The first-order valence-corrected chi connectivity index (χ1v) is 11.6. The standard InChI is InChI=1S/C23H23BrN2O3S/c1-16-9-11-18(12-10-16)22(17-7-5-4-6-8-17)25-23(27)19-13-14-20(24)21(15-19)30(28,29)26(2)3/h4-15,22H,1-3H3,(H,25,27). The molecule has 3 aromatic carbocycles. The molecule has 3 aromatic rings. The lowest BCUT2D eigenvalue weighted by Gasteiger charge is -2.21. The number of hydrogen-bond donors (Lipinski definition) is 1. The highest BCUT2D eigenvalue weighted by atomic mass is 79.9. The van der Waals surface area contributed by atoms with E-state index in [0.717, 1.165) is 21.0 Å². The maximum absolute atomic E-state index is 13.1. The van der Waals surface area contributed by atoms with Crippen LogP contribution in [-0.4, -0.2) is 32.7 Å². The SMILES string of the molecule is Cc1ccc(C(NC(=O)c2ccc(Br)c(S(=O)(=O)N(C)C)c2)c2ccccc2)cc1. The third kappa shape index (κ3) is 4.80. The highest BCUT2D eigenvalue weighted by Crippen LogP contribution is 2.27. The van der Waals surface area contributed by atoms with Crippen molar-refractivity contribution in [1.82, 2.24) is 9.62 Å². The van der Waals surface area contributed by atoms with Gasteiger partial charge >= 0.3 is 0 Å². The summed E-state index contributed by atoms with van der Waals surface area (Å²) >= 11 is 3.28. The monoisotopic (exact) mass is 486 g/mol. The van der Waals surface area contributed by atoms with E-state index in [4.69, 9.17) is 0 Å². The maximum atomic E-state index is 13.1. The molecular weight excluding hydrogens is 464 g/mol. The molecule has 7 heteroatoms. The maximum Gasteiger partial charge on any atom is 0.252 e. The van der Waals surface area contributed by atoms with E-state index in [2.05, 4.69) is 21.2 Å². The number of nitrogens with zero attached hydrogens (tertiary/aromatic N) is 1. The van der Waals surface area contributed by atoms with Crippen molar-refractivity contribution in [2.45, 2.75) is 17.9 Å². The molecule has 0 saturated heterocycles. The number of aryl methyl sites for hydroxylation is 1. The Morgan fingerprint density at radius 2 is 1.53 bits per heavy atom. The molecular formula is C23H23BrN2O3S. The summed E-state index contributed by atoms with van der Waals surface area (Å²) in [4.78, 5) is 13.1. The van der Waals surface area contributed by atoms with E-state index in [-0.39, 0.29) is 22.4 Å². The van der Waals surface area contributed by atoms with E-state index < -0.39 is 10.0 Å². The summed E-state index contributed by atoms with van der Waals surface area (Å²) in [5, 5.41) is 3.05. The molecule has 0 fully saturated rings. The van der Waals surface area contributed by atoms with E-state index in [9.17, 15) is 13.2 Å². The normalized spacial score (nSPS) is 12.6. The lowest BCUT2D eigenvalue weighted by molar-refractivity contribution is 0.0942. The molecule has 1 N–H and O–H groups in total. The Morgan fingerprint density at radius 1 is 0.933 bits per heavy atom. The zero-order chi connectivity index (χ0) is 21.9. The van der Waals surface area contributed by atoms with Gasteiger partial charge in [-0.05, 0) is 52.2 Å². The average molecular weight is 487 g/mol. The summed E-state index contributed by atoms with van der Waals surface area (Å²) in [5.41, 5.74) is 3.28. The number of carbonyl (C=O) groups excluding carboxylic acids is 1. The van der Waals surface area contributed by atoms with Crippen LogP contribution in [0.15, 0.2) is 82.2 Å². The number of sulfonamides is 1. The summed E-state index contributed by atoms with van der Waals surface area (Å²) in [6.07, 6.45) is 0. The molecule has 0 aliphatic carbocycles. The van der Waals surface area contributed by atoms with Gasteiger partial charge in [-0.3, -0.25) is 4.79 Å². The lowest BCUT2D eigenvalue weighted by atomic mass is 9.97. The Bertz CT molecular complexity index is 1140. The van der Waals surface area contributed by atoms with Crippen LogP contribution >= 0.6 is 15.9 Å². The first kappa shape index (κ1) is 22.2. The first-order chi connectivity index (χ1) is 14.2. The summed E-state index contributed by atoms with van der Waals surface area (Å²) in [6.45, 7) is 2.01. The van der Waals surface area contributed by atoms with E-state index in [1.54, 1.807) is 12.1 Å². The van der Waals surface area contributed by atoms with Gasteiger partial charge in [0.25, 0.3) is 5.91 Å². The van der Waals surface area contributed by atoms with Crippen LogP contribution in [0.3, 0.4) is 0 Å². The quantitative estimate of drug-likeness (QED) is 0.556. The number of nitrogens with one attached hydrogen (secondary N) is 1. The van der Waals surface area contributed by atoms with E-state index >= 15 is 0 Å². The van der Waals surface area contributed by atoms with Gasteiger partial charge in [0.15, 0.2) is 0 Å². The summed E-state index contributed by atoms with van der Waals surface area (Å²) in [6, 6.07) is 21.8. The lowest BCUT2D eigenvalue weighted by Crippen LogP contribution is -2.30. The molecule has 1 amide bonds. The fraction of sp³-hybridized carbons (Fsp3) is 0.174. The van der Waals surface area contributed by atoms with E-state index in [0.29, 0.717) is 4.47 Å². The molecule has 0 aliphatic heterocycles. The Morgan fingerprint density at radius 3 is 2.13 bits per heavy atom. The van der Waals surface area contributed by atoms with Crippen LogP contribution in [0, 0.1) is 6.92 Å². The molecule has 3 rings (SSSR count). The zero-order valence-electron chi connectivity index (χ0n) is 17.0. The molecule has 5 nitrogen and oxygen atoms in total. The number of carbonyl (C=O) groups is 1. The van der Waals surface area contributed by atoms with Gasteiger partial charge in [0.2, 0.25) is 10.0 Å². The van der Waals surface area contributed by atoms with Crippen LogP contribution in [0.25, 0.3) is 0 Å². The highest BCUT2D eigenvalue weighted by Gasteiger charge is 2.23. The molecule has 156 valence electrons. The zero-order valence-corrected chi connectivity index (χ0v) is 19.4. The topological polar surface area (TPSA) is 66.5 Å². The van der Waals surface area contributed by atoms with Crippen LogP contribution in [0.5, 0.6) is 0 Å². The van der Waals surface area contributed by atoms with E-state index in [1.165, 1.54) is 20.2 Å². The fourth-order valence-electron chi connectivity index (χ4n) is 3.02. The van der Waals surface area contributed by atoms with Gasteiger partial charge < -0.3 is 5.32 Å². The van der Waals surface area contributed by atoms with Crippen molar-refractivity contribution in [1.29, 1.82) is 0 Å². The van der Waals surface area contributed by atoms with Gasteiger partial charge in [-0.1, -0.05) is 60.2 Å². The minimum absolute atomic E-state index is 0.0479. The van der Waals surface area contributed by atoms with Crippen molar-refractivity contribution in [3.05, 3.63) is 99.5 Å². The van der Waals surface area contributed by atoms with Gasteiger partial charge in [0, 0.05) is 24.1 Å². The molecule has 0 heterocycles. The predicted molar refractivity (Wildman–Crippen MR) is 122 cm³/mol. The summed E-state index contributed by atoms with van der Waals surface area (Å²) in [5.74, 6) is -0.355. The second kappa shape index (κ2) is 9.12. The number of benzene rings is 3. The summed E-state index contributed by atoms with van der Waals surface area (Å²) in [7, 11) is -0.783. The van der Waals surface area contributed by atoms with Crippen molar-refractivity contribution in [3.8, 4) is 0 Å². The average Bonchev–Trinajstić information content (AvgIpc) is 2.73. The highest BCUT2D eigenvalue weighted by molar-refractivity contribution is 9.10. The third-order valence-electron chi connectivity index (χ3n) is 4.77. The number of amides is 1. The Labute approximate surface area is 185 Å². The molecule has 0 saturated carbocycles. The predicted octanol–water partition coefficient (Wildman–Crippen LogP) is 4.53. The van der Waals surface area contributed by atoms with Gasteiger partial charge in [-0.15, -0.1) is 0 Å². The molecule has 0 radical (unpaired) electrons. The van der Waals surface area contributed by atoms with E-state index in [1.807, 2.05) is 61.5 Å². The minimum atomic E-state index is -3.69. The van der Waals surface area contributed by atoms with Crippen molar-refractivity contribution >= 4 is 31.9 Å². The van der Waals surface area contributed by atoms with Gasteiger partial charge in [0.1, 0.15) is 0 Å². The second-order valence-electron chi connectivity index (χ2n) is 7.16.